The van der Waals surface area contributed by atoms with E-state index in [0.29, 0.717) is 15.7 Å². The third kappa shape index (κ3) is 2.80. The Balaban J connectivity index is 2.55. The van der Waals surface area contributed by atoms with Gasteiger partial charge in [-0.15, -0.1) is 0 Å². The maximum atomic E-state index is 6.29. The van der Waals surface area contributed by atoms with E-state index in [1.807, 2.05) is 56.1 Å². The van der Waals surface area contributed by atoms with E-state index >= 15 is 0 Å². The van der Waals surface area contributed by atoms with E-state index in [1.54, 1.807) is 0 Å². The topological polar surface area (TPSA) is 29.3 Å². The van der Waals surface area contributed by atoms with Crippen LogP contribution in [0.5, 0.6) is 0 Å². The molecule has 2 aromatic carbocycles. The van der Waals surface area contributed by atoms with E-state index in [4.69, 9.17) is 28.9 Å². The molecule has 0 atom stereocenters. The molecule has 0 aromatic heterocycles. The van der Waals surface area contributed by atoms with Gasteiger partial charge in [-0.2, -0.15) is 0 Å². The van der Waals surface area contributed by atoms with Crippen molar-refractivity contribution in [2.45, 2.75) is 13.8 Å². The average Bonchev–Trinajstić information content (AvgIpc) is 2.36. The van der Waals surface area contributed by atoms with Gasteiger partial charge in [-0.1, -0.05) is 29.3 Å². The molecule has 4 heteroatoms. The molecule has 19 heavy (non-hydrogen) atoms. The van der Waals surface area contributed by atoms with Crippen LogP contribution in [0.15, 0.2) is 30.3 Å². The first-order valence-corrected chi connectivity index (χ1v) is 6.71. The van der Waals surface area contributed by atoms with Gasteiger partial charge >= 0.3 is 0 Å². The van der Waals surface area contributed by atoms with Gasteiger partial charge in [-0.25, -0.2) is 0 Å². The fourth-order valence-electron chi connectivity index (χ4n) is 2.03. The van der Waals surface area contributed by atoms with E-state index < -0.39 is 0 Å². The van der Waals surface area contributed by atoms with Gasteiger partial charge in [-0.3, -0.25) is 0 Å². The van der Waals surface area contributed by atoms with Gasteiger partial charge in [0, 0.05) is 7.05 Å². The molecule has 0 radical (unpaired) electrons. The first-order valence-electron chi connectivity index (χ1n) is 5.95. The van der Waals surface area contributed by atoms with Crippen molar-refractivity contribution in [1.82, 2.24) is 0 Å². The molecule has 100 valence electrons. The van der Waals surface area contributed by atoms with Gasteiger partial charge in [-0.05, 0) is 49.2 Å². The number of benzene rings is 2. The lowest BCUT2D eigenvalue weighted by molar-refractivity contribution is 1.20. The van der Waals surface area contributed by atoms with Crippen LogP contribution in [0.2, 0.25) is 10.0 Å². The zero-order chi connectivity index (χ0) is 14.2. The van der Waals surface area contributed by atoms with Crippen LogP contribution in [-0.2, 0) is 0 Å². The van der Waals surface area contributed by atoms with Crippen molar-refractivity contribution >= 4 is 40.3 Å². The van der Waals surface area contributed by atoms with Gasteiger partial charge in [0.2, 0.25) is 0 Å². The normalized spacial score (nSPS) is 10.6. The van der Waals surface area contributed by atoms with Crippen LogP contribution < -0.4 is 10.6 Å². The quantitative estimate of drug-likeness (QED) is 0.793. The van der Waals surface area contributed by atoms with E-state index in [1.165, 1.54) is 0 Å². The lowest BCUT2D eigenvalue weighted by atomic mass is 10.1. The smallest absolute Gasteiger partial charge is 0.0872 e. The molecule has 0 aliphatic carbocycles. The molecule has 2 nitrogen and oxygen atoms in total. The lowest BCUT2D eigenvalue weighted by Gasteiger charge is -2.23. The van der Waals surface area contributed by atoms with Crippen molar-refractivity contribution in [3.63, 3.8) is 0 Å². The molecule has 0 spiro atoms. The second-order valence-corrected chi connectivity index (χ2v) is 5.49. The predicted molar refractivity (Wildman–Crippen MR) is 84.9 cm³/mol. The summed E-state index contributed by atoms with van der Waals surface area (Å²) >= 11 is 12.5. The fourth-order valence-corrected chi connectivity index (χ4v) is 2.51. The number of anilines is 3. The minimum atomic E-state index is 0.547. The molecule has 0 aliphatic heterocycles. The van der Waals surface area contributed by atoms with Crippen molar-refractivity contribution in [2.75, 3.05) is 17.7 Å². The minimum Gasteiger partial charge on any atom is -0.397 e. The summed E-state index contributed by atoms with van der Waals surface area (Å²) in [5, 5.41) is 1.23. The minimum absolute atomic E-state index is 0.547. The van der Waals surface area contributed by atoms with Crippen molar-refractivity contribution in [3.05, 3.63) is 51.5 Å². The first kappa shape index (κ1) is 14.0. The van der Waals surface area contributed by atoms with Gasteiger partial charge < -0.3 is 10.6 Å². The average molecular weight is 295 g/mol. The summed E-state index contributed by atoms with van der Waals surface area (Å²) in [6.45, 7) is 4.02. The number of nitrogens with two attached hydrogens (primary N) is 1. The fraction of sp³-hybridized carbons (Fsp3) is 0.200. The summed E-state index contributed by atoms with van der Waals surface area (Å²) in [4.78, 5) is 1.96. The monoisotopic (exact) mass is 294 g/mol. The molecule has 0 saturated heterocycles. The Kier molecular flexibility index (Phi) is 3.93. The van der Waals surface area contributed by atoms with Crippen LogP contribution in [0, 0.1) is 13.8 Å². The van der Waals surface area contributed by atoms with E-state index in [9.17, 15) is 0 Å². The van der Waals surface area contributed by atoms with Crippen LogP contribution >= 0.6 is 23.2 Å². The molecule has 0 fully saturated rings. The summed E-state index contributed by atoms with van der Waals surface area (Å²) in [5.74, 6) is 0. The Morgan fingerprint density at radius 2 is 1.58 bits per heavy atom. The second kappa shape index (κ2) is 5.32. The number of hydrogen-bond acceptors (Lipinski definition) is 2. The van der Waals surface area contributed by atoms with Crippen molar-refractivity contribution in [3.8, 4) is 0 Å². The van der Waals surface area contributed by atoms with Gasteiger partial charge in [0.1, 0.15) is 0 Å². The number of aryl methyl sites for hydroxylation is 2. The zero-order valence-corrected chi connectivity index (χ0v) is 12.7. The number of hydrogen-bond donors (Lipinski definition) is 1. The number of rotatable bonds is 2. The van der Waals surface area contributed by atoms with Crippen LogP contribution in [0.1, 0.15) is 11.1 Å². The van der Waals surface area contributed by atoms with Crippen LogP contribution in [0.3, 0.4) is 0 Å². The molecule has 2 rings (SSSR count). The molecule has 0 heterocycles. The third-order valence-corrected chi connectivity index (χ3v) is 3.78. The number of nitrogen functional groups attached to an aromatic ring is 1. The Labute approximate surface area is 123 Å². The summed E-state index contributed by atoms with van der Waals surface area (Å²) in [7, 11) is 1.93. The second-order valence-electron chi connectivity index (χ2n) is 4.70. The van der Waals surface area contributed by atoms with Crippen LogP contribution in [-0.4, -0.2) is 7.05 Å². The molecular weight excluding hydrogens is 279 g/mol. The van der Waals surface area contributed by atoms with Crippen LogP contribution in [0.4, 0.5) is 17.1 Å². The molecule has 0 bridgehead atoms. The molecule has 0 amide bonds. The molecular formula is C15H16Cl2N2. The SMILES string of the molecule is Cc1ccc(Cl)c(N(C)c2cc(C)cc(N)c2Cl)c1. The number of halogens is 2. The van der Waals surface area contributed by atoms with Gasteiger partial charge in [0.15, 0.2) is 0 Å². The number of nitrogens with zero attached hydrogens (tertiary/aromatic N) is 1. The third-order valence-electron chi connectivity index (χ3n) is 3.05. The van der Waals surface area contributed by atoms with Crippen molar-refractivity contribution < 1.29 is 0 Å². The zero-order valence-electron chi connectivity index (χ0n) is 11.2. The molecule has 0 saturated carbocycles. The molecule has 2 N–H and O–H groups in total. The summed E-state index contributed by atoms with van der Waals surface area (Å²) < 4.78 is 0. The molecule has 0 aliphatic rings. The van der Waals surface area contributed by atoms with E-state index in [2.05, 4.69) is 0 Å². The van der Waals surface area contributed by atoms with Gasteiger partial charge in [0.05, 0.1) is 27.1 Å². The summed E-state index contributed by atoms with van der Waals surface area (Å²) in [6.07, 6.45) is 0. The Morgan fingerprint density at radius 3 is 2.26 bits per heavy atom. The van der Waals surface area contributed by atoms with E-state index in [-0.39, 0.29) is 0 Å². The van der Waals surface area contributed by atoms with Gasteiger partial charge in [0.25, 0.3) is 0 Å². The Hall–Kier alpha value is -1.38. The lowest BCUT2D eigenvalue weighted by Crippen LogP contribution is -2.11. The summed E-state index contributed by atoms with van der Waals surface area (Å²) in [6, 6.07) is 9.74. The van der Waals surface area contributed by atoms with E-state index in [0.717, 1.165) is 22.5 Å². The predicted octanol–water partition coefficient (Wildman–Crippen LogP) is 4.96. The highest BCUT2D eigenvalue weighted by atomic mass is 35.5. The highest BCUT2D eigenvalue weighted by molar-refractivity contribution is 6.36. The van der Waals surface area contributed by atoms with Crippen molar-refractivity contribution in [2.24, 2.45) is 0 Å². The Bertz CT molecular complexity index is 624. The first-order chi connectivity index (χ1) is 8.90. The molecule has 2 aromatic rings. The standard InChI is InChI=1S/C15H16Cl2N2/c1-9-4-5-11(16)13(7-9)19(3)14-8-10(2)6-12(18)15(14)17/h4-8H,18H2,1-3H3. The molecule has 0 unspecified atom stereocenters. The van der Waals surface area contributed by atoms with Crippen molar-refractivity contribution in [1.29, 1.82) is 0 Å². The largest absolute Gasteiger partial charge is 0.397 e. The Morgan fingerprint density at radius 1 is 0.947 bits per heavy atom. The highest BCUT2D eigenvalue weighted by Crippen LogP contribution is 2.38. The summed E-state index contributed by atoms with van der Waals surface area (Å²) in [5.41, 5.74) is 10.5. The highest BCUT2D eigenvalue weighted by Gasteiger charge is 2.14. The van der Waals surface area contributed by atoms with Crippen LogP contribution in [0.25, 0.3) is 0 Å². The maximum Gasteiger partial charge on any atom is 0.0872 e. The maximum absolute atomic E-state index is 6.29.